The maximum atomic E-state index is 5.39. The van der Waals surface area contributed by atoms with Crippen LogP contribution in [0.3, 0.4) is 0 Å². The molecule has 0 aliphatic heterocycles. The van der Waals surface area contributed by atoms with Crippen molar-refractivity contribution in [3.8, 4) is 33.8 Å². The smallest absolute Gasteiger partial charge is 0.0972 e. The highest BCUT2D eigenvalue weighted by Crippen LogP contribution is 2.37. The third kappa shape index (κ3) is 6.61. The molecule has 0 unspecified atom stereocenters. The quantitative estimate of drug-likeness (QED) is 0.166. The van der Waals surface area contributed by atoms with E-state index in [1.165, 1.54) is 0 Å². The molecular formula is C54H48N6. The summed E-state index contributed by atoms with van der Waals surface area (Å²) in [7, 11) is 0. The molecule has 0 aliphatic carbocycles. The maximum absolute atomic E-state index is 5.39. The lowest BCUT2D eigenvalue weighted by atomic mass is 9.91. The lowest BCUT2D eigenvalue weighted by Gasteiger charge is -2.18. The van der Waals surface area contributed by atoms with Crippen molar-refractivity contribution in [2.45, 2.75) is 78.6 Å². The number of nitrogens with zero attached hydrogens (tertiary/aromatic N) is 6. The normalized spacial score (nSPS) is 12.8. The third-order valence-corrected chi connectivity index (χ3v) is 11.7. The van der Waals surface area contributed by atoms with Crippen molar-refractivity contribution in [1.29, 1.82) is 0 Å². The van der Waals surface area contributed by atoms with Gasteiger partial charge in [0.2, 0.25) is 0 Å². The summed E-state index contributed by atoms with van der Waals surface area (Å²) in [6.45, 7) is 19.8. The summed E-state index contributed by atoms with van der Waals surface area (Å²) in [5.74, 6) is 0. The molecule has 6 nitrogen and oxygen atoms in total. The van der Waals surface area contributed by atoms with Crippen LogP contribution < -0.4 is 0 Å². The number of aromatic nitrogens is 6. The van der Waals surface area contributed by atoms with Crippen LogP contribution in [0.5, 0.6) is 0 Å². The summed E-state index contributed by atoms with van der Waals surface area (Å²) in [6, 6.07) is 45.2. The number of rotatable bonds is 3. The van der Waals surface area contributed by atoms with Gasteiger partial charge in [0.05, 0.1) is 50.2 Å². The predicted molar refractivity (Wildman–Crippen MR) is 251 cm³/mol. The minimum atomic E-state index is -0.0960. The minimum Gasteiger partial charge on any atom is -0.250 e. The van der Waals surface area contributed by atoms with Crippen LogP contribution in [0, 0.1) is 0 Å². The summed E-state index contributed by atoms with van der Waals surface area (Å²) in [5, 5.41) is 6.37. The SMILES string of the molecule is CC(C)(C)c1ccc2ccc3ccc(-c4cc(-c5ccc6ccc7ccc(C(C)(C)C)nc7c6n5)cc(-c5ccc6ccc7ccc(C(C)(C)C)nc7c6n5)c4)nc3c2n1. The maximum Gasteiger partial charge on any atom is 0.0972 e. The standard InChI is InChI=1S/C54H48N6/c1-52(2,3)43-25-19-34-13-10-31-16-22-40(55-46(31)49(34)58-43)37-28-38(41-23-17-32-11-14-35-20-26-44(53(4,5)6)59-50(35)47(32)56-41)30-39(29-37)42-24-18-33-12-15-36-21-27-45(54(7,8)9)60-51(36)48(33)57-42/h10-30H,1-9H3. The van der Waals surface area contributed by atoms with E-state index in [4.69, 9.17) is 29.9 Å². The van der Waals surface area contributed by atoms with E-state index >= 15 is 0 Å². The molecule has 6 heterocycles. The monoisotopic (exact) mass is 780 g/mol. The molecule has 0 fully saturated rings. The Morgan fingerprint density at radius 3 is 0.683 bits per heavy atom. The molecule has 0 atom stereocenters. The molecule has 0 N–H and O–H groups in total. The number of hydrogen-bond donors (Lipinski definition) is 0. The van der Waals surface area contributed by atoms with Crippen molar-refractivity contribution in [3.63, 3.8) is 0 Å². The number of hydrogen-bond acceptors (Lipinski definition) is 6. The van der Waals surface area contributed by atoms with Gasteiger partial charge in [-0.15, -0.1) is 0 Å². The Morgan fingerprint density at radius 2 is 0.450 bits per heavy atom. The van der Waals surface area contributed by atoms with Crippen LogP contribution in [-0.4, -0.2) is 29.9 Å². The van der Waals surface area contributed by atoms with Crippen molar-refractivity contribution < 1.29 is 0 Å². The molecule has 6 aromatic heterocycles. The van der Waals surface area contributed by atoms with Crippen LogP contribution in [0.1, 0.15) is 79.4 Å². The van der Waals surface area contributed by atoms with Crippen molar-refractivity contribution >= 4 is 65.4 Å². The molecule has 0 saturated carbocycles. The Balaban J connectivity index is 1.21. The number of fused-ring (bicyclic) bond motifs is 9. The van der Waals surface area contributed by atoms with Gasteiger partial charge in [0.25, 0.3) is 0 Å². The molecule has 4 aromatic carbocycles. The van der Waals surface area contributed by atoms with E-state index in [0.29, 0.717) is 0 Å². The summed E-state index contributed by atoms with van der Waals surface area (Å²) >= 11 is 0. The first-order valence-electron chi connectivity index (χ1n) is 20.9. The molecule has 10 rings (SSSR count). The Bertz CT molecular complexity index is 3010. The Kier molecular flexibility index (Phi) is 8.42. The van der Waals surface area contributed by atoms with Gasteiger partial charge in [-0.05, 0) is 54.6 Å². The third-order valence-electron chi connectivity index (χ3n) is 11.7. The first-order chi connectivity index (χ1) is 28.6. The van der Waals surface area contributed by atoms with E-state index in [-0.39, 0.29) is 16.2 Å². The minimum absolute atomic E-state index is 0.0960. The molecule has 294 valence electrons. The lowest BCUT2D eigenvalue weighted by molar-refractivity contribution is 0.571. The fourth-order valence-corrected chi connectivity index (χ4v) is 8.11. The predicted octanol–water partition coefficient (Wildman–Crippen LogP) is 13.9. The van der Waals surface area contributed by atoms with Crippen LogP contribution in [0.4, 0.5) is 0 Å². The highest BCUT2D eigenvalue weighted by Gasteiger charge is 2.21. The van der Waals surface area contributed by atoms with Crippen LogP contribution >= 0.6 is 0 Å². The van der Waals surface area contributed by atoms with E-state index in [2.05, 4.69) is 190 Å². The van der Waals surface area contributed by atoms with Crippen LogP contribution in [0.15, 0.2) is 127 Å². The molecule has 0 saturated heterocycles. The number of benzene rings is 4. The topological polar surface area (TPSA) is 77.3 Å². The Labute approximate surface area is 350 Å². The van der Waals surface area contributed by atoms with Gasteiger partial charge in [-0.25, -0.2) is 29.9 Å². The van der Waals surface area contributed by atoms with Crippen LogP contribution in [0.25, 0.3) is 99.2 Å². The summed E-state index contributed by atoms with van der Waals surface area (Å²) < 4.78 is 0. The van der Waals surface area contributed by atoms with E-state index < -0.39 is 0 Å². The summed E-state index contributed by atoms with van der Waals surface area (Å²) in [4.78, 5) is 31.8. The number of pyridine rings is 6. The molecule has 10 aromatic rings. The molecular weight excluding hydrogens is 733 g/mol. The summed E-state index contributed by atoms with van der Waals surface area (Å²) in [6.07, 6.45) is 0. The van der Waals surface area contributed by atoms with Crippen molar-refractivity contribution in [1.82, 2.24) is 29.9 Å². The zero-order chi connectivity index (χ0) is 41.7. The molecule has 6 heteroatoms. The fourth-order valence-electron chi connectivity index (χ4n) is 8.11. The highest BCUT2D eigenvalue weighted by atomic mass is 14.8. The second kappa shape index (κ2) is 13.4. The average molecular weight is 781 g/mol. The highest BCUT2D eigenvalue weighted by molar-refractivity contribution is 6.06. The van der Waals surface area contributed by atoms with Crippen LogP contribution in [-0.2, 0) is 16.2 Å². The van der Waals surface area contributed by atoms with E-state index in [1.54, 1.807) is 0 Å². The van der Waals surface area contributed by atoms with Crippen molar-refractivity contribution in [2.24, 2.45) is 0 Å². The lowest BCUT2D eigenvalue weighted by Crippen LogP contribution is -2.13. The molecule has 0 spiro atoms. The summed E-state index contributed by atoms with van der Waals surface area (Å²) in [5.41, 5.74) is 13.7. The molecule has 0 bridgehead atoms. The van der Waals surface area contributed by atoms with E-state index in [0.717, 1.165) is 116 Å². The molecule has 0 amide bonds. The van der Waals surface area contributed by atoms with Gasteiger partial charge in [0, 0.05) is 82.3 Å². The zero-order valence-corrected chi connectivity index (χ0v) is 35.8. The Morgan fingerprint density at radius 1 is 0.250 bits per heavy atom. The van der Waals surface area contributed by atoms with Gasteiger partial charge in [-0.3, -0.25) is 0 Å². The molecule has 0 radical (unpaired) electrons. The average Bonchev–Trinajstić information content (AvgIpc) is 3.24. The van der Waals surface area contributed by atoms with Crippen molar-refractivity contribution in [3.05, 3.63) is 144 Å². The van der Waals surface area contributed by atoms with Crippen LogP contribution in [0.2, 0.25) is 0 Å². The largest absolute Gasteiger partial charge is 0.250 e. The molecule has 0 aliphatic rings. The van der Waals surface area contributed by atoms with Gasteiger partial charge in [-0.1, -0.05) is 135 Å². The molecule has 60 heavy (non-hydrogen) atoms. The Hall–Kier alpha value is -6.66. The zero-order valence-electron chi connectivity index (χ0n) is 35.8. The van der Waals surface area contributed by atoms with Gasteiger partial charge < -0.3 is 0 Å². The van der Waals surface area contributed by atoms with E-state index in [9.17, 15) is 0 Å². The van der Waals surface area contributed by atoms with Gasteiger partial charge in [0.15, 0.2) is 0 Å². The van der Waals surface area contributed by atoms with Gasteiger partial charge in [0.1, 0.15) is 0 Å². The van der Waals surface area contributed by atoms with E-state index in [1.807, 2.05) is 0 Å². The van der Waals surface area contributed by atoms with Crippen molar-refractivity contribution in [2.75, 3.05) is 0 Å². The first-order valence-corrected chi connectivity index (χ1v) is 20.9. The second-order valence-electron chi connectivity index (χ2n) is 19.4. The van der Waals surface area contributed by atoms with Gasteiger partial charge in [-0.2, -0.15) is 0 Å². The van der Waals surface area contributed by atoms with Gasteiger partial charge >= 0.3 is 0 Å². The fraction of sp³-hybridized carbons (Fsp3) is 0.222. The first kappa shape index (κ1) is 37.6. The second-order valence-corrected chi connectivity index (χ2v) is 19.4.